The van der Waals surface area contributed by atoms with Crippen LogP contribution in [-0.2, 0) is 4.79 Å². The lowest BCUT2D eigenvalue weighted by Crippen LogP contribution is -2.49. The zero-order valence-electron chi connectivity index (χ0n) is 14.9. The predicted octanol–water partition coefficient (Wildman–Crippen LogP) is 3.64. The van der Waals surface area contributed by atoms with Gasteiger partial charge in [-0.1, -0.05) is 25.3 Å². The van der Waals surface area contributed by atoms with Crippen molar-refractivity contribution in [2.75, 3.05) is 26.2 Å². The highest BCUT2D eigenvalue weighted by Gasteiger charge is 2.36. The molecule has 0 unspecified atom stereocenters. The Morgan fingerprint density at radius 2 is 1.64 bits per heavy atom. The van der Waals surface area contributed by atoms with E-state index < -0.39 is 0 Å². The van der Waals surface area contributed by atoms with E-state index in [2.05, 4.69) is 4.90 Å². The molecule has 0 aromatic carbocycles. The number of carbonyl (C=O) groups excluding carboxylic acids is 2. The third kappa shape index (κ3) is 3.62. The predicted molar refractivity (Wildman–Crippen MR) is 99.6 cm³/mol. The van der Waals surface area contributed by atoms with Crippen LogP contribution in [0.1, 0.15) is 54.6 Å². The van der Waals surface area contributed by atoms with Crippen LogP contribution in [0.2, 0.25) is 0 Å². The first-order valence-electron chi connectivity index (χ1n) is 9.84. The Kier molecular flexibility index (Phi) is 5.11. The molecule has 0 radical (unpaired) electrons. The van der Waals surface area contributed by atoms with Crippen molar-refractivity contribution in [3.63, 3.8) is 0 Å². The minimum atomic E-state index is 0.118. The minimum absolute atomic E-state index is 0.118. The fourth-order valence-corrected chi connectivity index (χ4v) is 5.64. The standard InChI is InChI=1S/C20H28N2O2S/c23-19(22-12-7-15-4-1-2-5-17(15)14-22)16-8-10-21(11-9-16)20(24)18-6-3-13-25-18/h3,6,13,15-17H,1-2,4-5,7-12,14H2/t15-,17+/m0/s1. The lowest BCUT2D eigenvalue weighted by Gasteiger charge is -2.43. The highest BCUT2D eigenvalue weighted by molar-refractivity contribution is 7.12. The van der Waals surface area contributed by atoms with Gasteiger partial charge in [0, 0.05) is 32.1 Å². The molecule has 2 atom stereocenters. The van der Waals surface area contributed by atoms with Gasteiger partial charge in [0.25, 0.3) is 5.91 Å². The molecule has 3 fully saturated rings. The zero-order valence-corrected chi connectivity index (χ0v) is 15.7. The number of nitrogens with zero attached hydrogens (tertiary/aromatic N) is 2. The molecule has 5 heteroatoms. The van der Waals surface area contributed by atoms with Gasteiger partial charge in [-0.05, 0) is 49.0 Å². The number of hydrogen-bond acceptors (Lipinski definition) is 3. The molecular formula is C20H28N2O2S. The summed E-state index contributed by atoms with van der Waals surface area (Å²) < 4.78 is 0. The van der Waals surface area contributed by atoms with E-state index in [1.807, 2.05) is 22.4 Å². The molecule has 2 saturated heterocycles. The molecule has 0 N–H and O–H groups in total. The number of piperidine rings is 2. The van der Waals surface area contributed by atoms with E-state index in [1.165, 1.54) is 43.4 Å². The first kappa shape index (κ1) is 17.1. The summed E-state index contributed by atoms with van der Waals surface area (Å²) in [6.45, 7) is 3.37. The summed E-state index contributed by atoms with van der Waals surface area (Å²) in [4.78, 5) is 30.3. The van der Waals surface area contributed by atoms with Gasteiger partial charge in [0.1, 0.15) is 0 Å². The van der Waals surface area contributed by atoms with Crippen LogP contribution in [0.25, 0.3) is 0 Å². The highest BCUT2D eigenvalue weighted by Crippen LogP contribution is 2.37. The second-order valence-electron chi connectivity index (χ2n) is 7.92. The maximum atomic E-state index is 13.0. The number of amides is 2. The molecule has 0 spiro atoms. The molecule has 136 valence electrons. The second kappa shape index (κ2) is 7.48. The van der Waals surface area contributed by atoms with E-state index in [0.717, 1.165) is 42.6 Å². The minimum Gasteiger partial charge on any atom is -0.342 e. The molecule has 4 nitrogen and oxygen atoms in total. The Balaban J connectivity index is 1.30. The summed E-state index contributed by atoms with van der Waals surface area (Å²) >= 11 is 1.50. The smallest absolute Gasteiger partial charge is 0.263 e. The van der Waals surface area contributed by atoms with Crippen molar-refractivity contribution in [1.29, 1.82) is 0 Å². The molecule has 3 heterocycles. The number of carbonyl (C=O) groups is 2. The average molecular weight is 361 g/mol. The Labute approximate surface area is 154 Å². The molecule has 0 bridgehead atoms. The molecular weight excluding hydrogens is 332 g/mol. The Hall–Kier alpha value is -1.36. The van der Waals surface area contributed by atoms with Gasteiger partial charge in [-0.25, -0.2) is 0 Å². The molecule has 1 aromatic heterocycles. The van der Waals surface area contributed by atoms with Crippen LogP contribution in [0, 0.1) is 17.8 Å². The summed E-state index contributed by atoms with van der Waals surface area (Å²) in [6.07, 6.45) is 8.24. The van der Waals surface area contributed by atoms with Gasteiger partial charge < -0.3 is 9.80 Å². The number of rotatable bonds is 2. The first-order valence-corrected chi connectivity index (χ1v) is 10.7. The monoisotopic (exact) mass is 360 g/mol. The third-order valence-electron chi connectivity index (χ3n) is 6.47. The Morgan fingerprint density at radius 3 is 2.36 bits per heavy atom. The van der Waals surface area contributed by atoms with E-state index in [0.29, 0.717) is 19.0 Å². The van der Waals surface area contributed by atoms with Crippen molar-refractivity contribution in [3.05, 3.63) is 22.4 Å². The van der Waals surface area contributed by atoms with Crippen LogP contribution in [0.15, 0.2) is 17.5 Å². The van der Waals surface area contributed by atoms with Gasteiger partial charge in [0.05, 0.1) is 4.88 Å². The van der Waals surface area contributed by atoms with Crippen LogP contribution < -0.4 is 0 Å². The lowest BCUT2D eigenvalue weighted by molar-refractivity contribution is -0.140. The Bertz CT molecular complexity index is 607. The van der Waals surface area contributed by atoms with Crippen LogP contribution in [-0.4, -0.2) is 47.8 Å². The molecule has 3 aliphatic rings. The summed E-state index contributed by atoms with van der Waals surface area (Å²) in [7, 11) is 0. The van der Waals surface area contributed by atoms with Gasteiger partial charge in [0.2, 0.25) is 5.91 Å². The van der Waals surface area contributed by atoms with Crippen LogP contribution in [0.5, 0.6) is 0 Å². The molecule has 1 saturated carbocycles. The van der Waals surface area contributed by atoms with Gasteiger partial charge in [-0.3, -0.25) is 9.59 Å². The number of likely N-dealkylation sites (tertiary alicyclic amines) is 2. The third-order valence-corrected chi connectivity index (χ3v) is 7.32. The number of thiophene rings is 1. The normalized spacial score (nSPS) is 27.8. The molecule has 2 amide bonds. The van der Waals surface area contributed by atoms with Crippen molar-refractivity contribution < 1.29 is 9.59 Å². The summed E-state index contributed by atoms with van der Waals surface area (Å²) in [5.74, 6) is 2.21. The van der Waals surface area contributed by atoms with Gasteiger partial charge in [-0.15, -0.1) is 11.3 Å². The molecule has 2 aliphatic heterocycles. The van der Waals surface area contributed by atoms with Crippen molar-refractivity contribution in [1.82, 2.24) is 9.80 Å². The van der Waals surface area contributed by atoms with Crippen molar-refractivity contribution in [2.45, 2.75) is 44.9 Å². The van der Waals surface area contributed by atoms with Crippen molar-refractivity contribution >= 4 is 23.2 Å². The van der Waals surface area contributed by atoms with E-state index >= 15 is 0 Å². The largest absolute Gasteiger partial charge is 0.342 e. The molecule has 1 aliphatic carbocycles. The van der Waals surface area contributed by atoms with Crippen LogP contribution in [0.3, 0.4) is 0 Å². The number of fused-ring (bicyclic) bond motifs is 1. The first-order chi connectivity index (χ1) is 12.2. The van der Waals surface area contributed by atoms with E-state index in [1.54, 1.807) is 0 Å². The molecule has 1 aromatic rings. The summed E-state index contributed by atoms with van der Waals surface area (Å²) in [6, 6.07) is 3.81. The Morgan fingerprint density at radius 1 is 0.920 bits per heavy atom. The van der Waals surface area contributed by atoms with Crippen LogP contribution >= 0.6 is 11.3 Å². The lowest BCUT2D eigenvalue weighted by atomic mass is 9.75. The fourth-order valence-electron chi connectivity index (χ4n) is 4.94. The topological polar surface area (TPSA) is 40.6 Å². The quantitative estimate of drug-likeness (QED) is 0.808. The number of hydrogen-bond donors (Lipinski definition) is 0. The summed E-state index contributed by atoms with van der Waals surface area (Å²) in [5, 5.41) is 1.94. The van der Waals surface area contributed by atoms with Gasteiger partial charge in [-0.2, -0.15) is 0 Å². The highest BCUT2D eigenvalue weighted by atomic mass is 32.1. The maximum absolute atomic E-state index is 13.0. The molecule has 4 rings (SSSR count). The van der Waals surface area contributed by atoms with Crippen LogP contribution in [0.4, 0.5) is 0 Å². The van der Waals surface area contributed by atoms with Gasteiger partial charge in [0.15, 0.2) is 0 Å². The van der Waals surface area contributed by atoms with E-state index in [-0.39, 0.29) is 11.8 Å². The zero-order chi connectivity index (χ0) is 17.2. The van der Waals surface area contributed by atoms with E-state index in [9.17, 15) is 9.59 Å². The molecule has 25 heavy (non-hydrogen) atoms. The SMILES string of the molecule is O=C(c1cccs1)N1CCC(C(=O)N2CC[C@@H]3CCCC[C@@H]3C2)CC1. The summed E-state index contributed by atoms with van der Waals surface area (Å²) in [5.41, 5.74) is 0. The van der Waals surface area contributed by atoms with Crippen molar-refractivity contribution in [2.24, 2.45) is 17.8 Å². The average Bonchev–Trinajstić information content (AvgIpc) is 3.21. The van der Waals surface area contributed by atoms with Gasteiger partial charge >= 0.3 is 0 Å². The fraction of sp³-hybridized carbons (Fsp3) is 0.700. The van der Waals surface area contributed by atoms with E-state index in [4.69, 9.17) is 0 Å². The van der Waals surface area contributed by atoms with Crippen molar-refractivity contribution in [3.8, 4) is 0 Å². The second-order valence-corrected chi connectivity index (χ2v) is 8.87. The maximum Gasteiger partial charge on any atom is 0.263 e.